The molecule has 0 unspecified atom stereocenters. The van der Waals surface area contributed by atoms with E-state index in [1.807, 2.05) is 6.07 Å². The number of sulfonamides is 1. The second-order valence-electron chi connectivity index (χ2n) is 3.48. The van der Waals surface area contributed by atoms with Gasteiger partial charge in [-0.2, -0.15) is 16.6 Å². The summed E-state index contributed by atoms with van der Waals surface area (Å²) in [6.07, 6.45) is 0. The van der Waals surface area contributed by atoms with Gasteiger partial charge >= 0.3 is 0 Å². The number of nitrogens with one attached hydrogen (secondary N) is 1. The molecular formula is C11H9N3O2S2. The van der Waals surface area contributed by atoms with Crippen molar-refractivity contribution < 1.29 is 8.42 Å². The van der Waals surface area contributed by atoms with Gasteiger partial charge in [-0.15, -0.1) is 0 Å². The van der Waals surface area contributed by atoms with Crippen molar-refractivity contribution >= 4 is 32.7 Å². The summed E-state index contributed by atoms with van der Waals surface area (Å²) in [5.41, 5.74) is 6.51. The molecule has 0 atom stereocenters. The number of hydrogen-bond acceptors (Lipinski definition) is 5. The van der Waals surface area contributed by atoms with Gasteiger partial charge in [-0.1, -0.05) is 0 Å². The second kappa shape index (κ2) is 4.68. The molecule has 0 radical (unpaired) electrons. The summed E-state index contributed by atoms with van der Waals surface area (Å²) >= 11 is 1.38. The Morgan fingerprint density at radius 1 is 1.33 bits per heavy atom. The zero-order valence-corrected chi connectivity index (χ0v) is 10.8. The van der Waals surface area contributed by atoms with E-state index < -0.39 is 10.0 Å². The van der Waals surface area contributed by atoms with E-state index in [1.165, 1.54) is 29.5 Å². The molecule has 0 saturated carbocycles. The Bertz CT molecular complexity index is 700. The van der Waals surface area contributed by atoms with Crippen LogP contribution in [-0.2, 0) is 10.0 Å². The van der Waals surface area contributed by atoms with E-state index in [9.17, 15) is 8.42 Å². The Kier molecular flexibility index (Phi) is 3.23. The normalized spacial score (nSPS) is 10.8. The minimum atomic E-state index is -3.72. The number of hydrogen-bond donors (Lipinski definition) is 2. The van der Waals surface area contributed by atoms with Gasteiger partial charge in [-0.05, 0) is 29.6 Å². The maximum Gasteiger partial charge on any atom is 0.263 e. The lowest BCUT2D eigenvalue weighted by Crippen LogP contribution is -2.14. The predicted octanol–water partition coefficient (Wildman–Crippen LogP) is 2.00. The number of nitrogens with zero attached hydrogens (tertiary/aromatic N) is 1. The van der Waals surface area contributed by atoms with Crippen LogP contribution in [0.5, 0.6) is 0 Å². The van der Waals surface area contributed by atoms with Gasteiger partial charge in [0.05, 0.1) is 23.0 Å². The van der Waals surface area contributed by atoms with Crippen molar-refractivity contribution in [2.24, 2.45) is 0 Å². The molecule has 2 rings (SSSR count). The van der Waals surface area contributed by atoms with Crippen molar-refractivity contribution in [3.63, 3.8) is 0 Å². The van der Waals surface area contributed by atoms with Crippen molar-refractivity contribution in [3.05, 3.63) is 40.6 Å². The van der Waals surface area contributed by atoms with E-state index in [0.717, 1.165) is 0 Å². The van der Waals surface area contributed by atoms with Crippen LogP contribution in [-0.4, -0.2) is 8.42 Å². The summed E-state index contributed by atoms with van der Waals surface area (Å²) in [6.45, 7) is 0. The Labute approximate surface area is 109 Å². The van der Waals surface area contributed by atoms with Crippen LogP contribution < -0.4 is 10.5 Å². The molecule has 0 aliphatic carbocycles. The quantitative estimate of drug-likeness (QED) is 0.840. The first-order valence-electron chi connectivity index (χ1n) is 4.87. The van der Waals surface area contributed by atoms with Gasteiger partial charge in [0, 0.05) is 5.38 Å². The highest BCUT2D eigenvalue weighted by molar-refractivity contribution is 7.92. The van der Waals surface area contributed by atoms with E-state index in [1.54, 1.807) is 16.8 Å². The first-order chi connectivity index (χ1) is 8.53. The second-order valence-corrected chi connectivity index (χ2v) is 5.91. The average Bonchev–Trinajstić information content (AvgIpc) is 2.80. The first kappa shape index (κ1) is 12.4. The van der Waals surface area contributed by atoms with Crippen LogP contribution in [0.15, 0.2) is 39.9 Å². The van der Waals surface area contributed by atoms with E-state index >= 15 is 0 Å². The highest BCUT2D eigenvalue weighted by Gasteiger charge is 2.17. The molecule has 0 amide bonds. The number of thiophene rings is 1. The Hall–Kier alpha value is -2.04. The van der Waals surface area contributed by atoms with Crippen molar-refractivity contribution in [1.82, 2.24) is 0 Å². The Morgan fingerprint density at radius 3 is 2.67 bits per heavy atom. The number of benzene rings is 1. The van der Waals surface area contributed by atoms with Crippen molar-refractivity contribution in [1.29, 1.82) is 5.26 Å². The SMILES string of the molecule is N#Cc1ccc(S(=O)(=O)Nc2ccsc2)c(N)c1. The summed E-state index contributed by atoms with van der Waals surface area (Å²) in [5, 5.41) is 12.1. The maximum atomic E-state index is 12.1. The Balaban J connectivity index is 2.39. The van der Waals surface area contributed by atoms with Crippen LogP contribution in [0.2, 0.25) is 0 Å². The van der Waals surface area contributed by atoms with E-state index in [0.29, 0.717) is 11.3 Å². The third-order valence-electron chi connectivity index (χ3n) is 2.20. The molecule has 0 fully saturated rings. The monoisotopic (exact) mass is 279 g/mol. The largest absolute Gasteiger partial charge is 0.398 e. The summed E-state index contributed by atoms with van der Waals surface area (Å²) < 4.78 is 26.5. The van der Waals surface area contributed by atoms with Crippen LogP contribution in [0.3, 0.4) is 0 Å². The number of anilines is 2. The molecular weight excluding hydrogens is 270 g/mol. The van der Waals surface area contributed by atoms with Crippen LogP contribution in [0.4, 0.5) is 11.4 Å². The molecule has 5 nitrogen and oxygen atoms in total. The third-order valence-corrected chi connectivity index (χ3v) is 4.34. The standard InChI is InChI=1S/C11H9N3O2S2/c12-6-8-1-2-11(10(13)5-8)18(15,16)14-9-3-4-17-7-9/h1-5,7,14H,13H2. The van der Waals surface area contributed by atoms with Gasteiger partial charge in [0.2, 0.25) is 0 Å². The molecule has 1 aromatic heterocycles. The molecule has 0 aliphatic rings. The minimum absolute atomic E-state index is 0.0345. The van der Waals surface area contributed by atoms with Crippen molar-refractivity contribution in [3.8, 4) is 6.07 Å². The highest BCUT2D eigenvalue weighted by atomic mass is 32.2. The fourth-order valence-electron chi connectivity index (χ4n) is 1.40. The van der Waals surface area contributed by atoms with Crippen molar-refractivity contribution in [2.75, 3.05) is 10.5 Å². The maximum absolute atomic E-state index is 12.1. The molecule has 18 heavy (non-hydrogen) atoms. The van der Waals surface area contributed by atoms with Gasteiger partial charge in [0.15, 0.2) is 0 Å². The predicted molar refractivity (Wildman–Crippen MR) is 70.7 cm³/mol. The van der Waals surface area contributed by atoms with Gasteiger partial charge in [-0.3, -0.25) is 4.72 Å². The first-order valence-corrected chi connectivity index (χ1v) is 7.30. The molecule has 3 N–H and O–H groups in total. The topological polar surface area (TPSA) is 96.0 Å². The molecule has 1 aromatic carbocycles. The third kappa shape index (κ3) is 2.45. The lowest BCUT2D eigenvalue weighted by atomic mass is 10.2. The van der Waals surface area contributed by atoms with Gasteiger partial charge in [0.25, 0.3) is 10.0 Å². The smallest absolute Gasteiger partial charge is 0.263 e. The van der Waals surface area contributed by atoms with Gasteiger partial charge < -0.3 is 5.73 Å². The molecule has 7 heteroatoms. The average molecular weight is 279 g/mol. The number of nitrogen functional groups attached to an aromatic ring is 1. The highest BCUT2D eigenvalue weighted by Crippen LogP contribution is 2.23. The summed E-state index contributed by atoms with van der Waals surface area (Å²) in [4.78, 5) is -0.0345. The lowest BCUT2D eigenvalue weighted by Gasteiger charge is -2.08. The summed E-state index contributed by atoms with van der Waals surface area (Å²) in [6, 6.07) is 7.63. The van der Waals surface area contributed by atoms with Crippen LogP contribution in [0.25, 0.3) is 0 Å². The fraction of sp³-hybridized carbons (Fsp3) is 0. The Morgan fingerprint density at radius 2 is 2.11 bits per heavy atom. The number of nitriles is 1. The molecule has 1 heterocycles. The molecule has 2 aromatic rings. The number of rotatable bonds is 3. The zero-order chi connectivity index (χ0) is 13.2. The molecule has 0 aliphatic heterocycles. The molecule has 0 spiro atoms. The summed E-state index contributed by atoms with van der Waals surface area (Å²) in [5.74, 6) is 0. The van der Waals surface area contributed by atoms with Crippen LogP contribution >= 0.6 is 11.3 Å². The molecule has 0 bridgehead atoms. The number of nitrogens with two attached hydrogens (primary N) is 1. The van der Waals surface area contributed by atoms with E-state index in [-0.39, 0.29) is 10.6 Å². The van der Waals surface area contributed by atoms with Gasteiger partial charge in [-0.25, -0.2) is 8.42 Å². The van der Waals surface area contributed by atoms with E-state index in [2.05, 4.69) is 4.72 Å². The van der Waals surface area contributed by atoms with Crippen molar-refractivity contribution in [2.45, 2.75) is 4.90 Å². The molecule has 0 saturated heterocycles. The molecule has 92 valence electrons. The summed E-state index contributed by atoms with van der Waals surface area (Å²) in [7, 11) is -3.72. The fourth-order valence-corrected chi connectivity index (χ4v) is 3.22. The van der Waals surface area contributed by atoms with Crippen LogP contribution in [0.1, 0.15) is 5.56 Å². The van der Waals surface area contributed by atoms with Crippen LogP contribution in [0, 0.1) is 11.3 Å². The van der Waals surface area contributed by atoms with E-state index in [4.69, 9.17) is 11.0 Å². The lowest BCUT2D eigenvalue weighted by molar-refractivity contribution is 0.601. The minimum Gasteiger partial charge on any atom is -0.398 e. The zero-order valence-electron chi connectivity index (χ0n) is 9.12. The van der Waals surface area contributed by atoms with Gasteiger partial charge in [0.1, 0.15) is 4.90 Å².